The molecule has 31 heavy (non-hydrogen) atoms. The fraction of sp³-hybridized carbons (Fsp3) is 0.444. The molecular formula is C27H44Cl2SiZr. The van der Waals surface area contributed by atoms with Gasteiger partial charge in [0.1, 0.15) is 0 Å². The number of hydrogen-bond acceptors (Lipinski definition) is 0. The third-order valence-electron chi connectivity index (χ3n) is 4.72. The zero-order valence-electron chi connectivity index (χ0n) is 20.9. The summed E-state index contributed by atoms with van der Waals surface area (Å²) in [6.07, 6.45) is 4.97. The zero-order valence-corrected chi connectivity index (χ0v) is 26.2. The molecule has 174 valence electrons. The minimum absolute atomic E-state index is 0. The van der Waals surface area contributed by atoms with Crippen molar-refractivity contribution < 1.29 is 26.2 Å². The molecule has 4 heteroatoms. The number of halogens is 2. The summed E-state index contributed by atoms with van der Waals surface area (Å²) in [5.74, 6) is 0. The van der Waals surface area contributed by atoms with Crippen LogP contribution in [0.3, 0.4) is 0 Å². The van der Waals surface area contributed by atoms with Crippen molar-refractivity contribution >= 4 is 34.3 Å². The van der Waals surface area contributed by atoms with Gasteiger partial charge in [0.05, 0.1) is 0 Å². The monoisotopic (exact) mass is 556 g/mol. The second-order valence-electron chi connectivity index (χ2n) is 7.42. The predicted octanol–water partition coefficient (Wildman–Crippen LogP) is 8.72. The van der Waals surface area contributed by atoms with Crippen LogP contribution in [0.1, 0.15) is 60.1 Å². The molecule has 0 heterocycles. The van der Waals surface area contributed by atoms with Crippen molar-refractivity contribution in [1.29, 1.82) is 0 Å². The summed E-state index contributed by atoms with van der Waals surface area (Å²) in [5, 5.41) is 0. The van der Waals surface area contributed by atoms with Gasteiger partial charge in [-0.3, -0.25) is 0 Å². The number of hydrogen-bond donors (Lipinski definition) is 0. The van der Waals surface area contributed by atoms with E-state index in [2.05, 4.69) is 109 Å². The molecule has 0 spiro atoms. The molecule has 0 fully saturated rings. The van der Waals surface area contributed by atoms with Crippen LogP contribution in [0, 0.1) is 27.7 Å². The molecule has 0 aliphatic carbocycles. The van der Waals surface area contributed by atoms with Gasteiger partial charge >= 0.3 is 26.2 Å². The van der Waals surface area contributed by atoms with E-state index in [1.54, 1.807) is 0 Å². The van der Waals surface area contributed by atoms with Crippen molar-refractivity contribution in [1.82, 2.24) is 0 Å². The topological polar surface area (TPSA) is 0 Å². The van der Waals surface area contributed by atoms with E-state index < -0.39 is 0 Å². The van der Waals surface area contributed by atoms with E-state index in [-0.39, 0.29) is 51.0 Å². The molecule has 0 saturated carbocycles. The van der Waals surface area contributed by atoms with Crippen molar-refractivity contribution in [3.05, 3.63) is 88.0 Å². The maximum Gasteiger partial charge on any atom is 3.00 e. The Morgan fingerprint density at radius 3 is 1.23 bits per heavy atom. The molecule has 3 aromatic rings. The summed E-state index contributed by atoms with van der Waals surface area (Å²) < 4.78 is 0. The van der Waals surface area contributed by atoms with Crippen LogP contribution in [0.5, 0.6) is 0 Å². The molecular weight excluding hydrogens is 515 g/mol. The van der Waals surface area contributed by atoms with Gasteiger partial charge in [0.15, 0.2) is 0 Å². The first-order valence-electron chi connectivity index (χ1n) is 10.8. The quantitative estimate of drug-likeness (QED) is 0.222. The van der Waals surface area contributed by atoms with E-state index in [4.69, 9.17) is 0 Å². The van der Waals surface area contributed by atoms with Crippen LogP contribution in [0.25, 0.3) is 0 Å². The summed E-state index contributed by atoms with van der Waals surface area (Å²) in [4.78, 5) is 0. The largest absolute Gasteiger partial charge is 3.00 e. The Kier molecular flexibility index (Phi) is 29.9. The Balaban J connectivity index is -0.000000159. The first-order chi connectivity index (χ1) is 13.4. The molecule has 0 nitrogen and oxygen atoms in total. The van der Waals surface area contributed by atoms with E-state index in [0.717, 1.165) is 9.52 Å². The minimum Gasteiger partial charge on any atom is -0.213 e. The molecule has 0 amide bonds. The second-order valence-corrected chi connectivity index (χ2v) is 8.58. The smallest absolute Gasteiger partial charge is 0.213 e. The zero-order chi connectivity index (χ0) is 21.4. The SMILES string of the molecule is CCC[c-]1cccc1.CCC[c-]1cccc1.C[SiH]C.Cc1c[c-](C)c(C)c1C.Cl.Cl.[Zr+3]. The van der Waals surface area contributed by atoms with E-state index in [1.165, 1.54) is 59.1 Å². The van der Waals surface area contributed by atoms with Crippen molar-refractivity contribution in [3.63, 3.8) is 0 Å². The molecule has 3 aromatic carbocycles. The third-order valence-corrected chi connectivity index (χ3v) is 4.72. The fourth-order valence-corrected chi connectivity index (χ4v) is 2.87. The predicted molar refractivity (Wildman–Crippen MR) is 146 cm³/mol. The Morgan fingerprint density at radius 1 is 0.742 bits per heavy atom. The first kappa shape index (κ1) is 38.0. The molecule has 0 saturated heterocycles. The van der Waals surface area contributed by atoms with Crippen molar-refractivity contribution in [3.8, 4) is 0 Å². The summed E-state index contributed by atoms with van der Waals surface area (Å²) >= 11 is 0. The van der Waals surface area contributed by atoms with Gasteiger partial charge in [0.25, 0.3) is 0 Å². The summed E-state index contributed by atoms with van der Waals surface area (Å²) in [5.41, 5.74) is 8.68. The van der Waals surface area contributed by atoms with E-state index in [0.29, 0.717) is 0 Å². The van der Waals surface area contributed by atoms with Gasteiger partial charge in [0.2, 0.25) is 0 Å². The van der Waals surface area contributed by atoms with Crippen LogP contribution in [0.2, 0.25) is 13.1 Å². The molecule has 0 atom stereocenters. The summed E-state index contributed by atoms with van der Waals surface area (Å²) in [6.45, 7) is 17.5. The van der Waals surface area contributed by atoms with Gasteiger partial charge < -0.3 is 0 Å². The van der Waals surface area contributed by atoms with Crippen molar-refractivity contribution in [2.75, 3.05) is 0 Å². The Morgan fingerprint density at radius 2 is 1.06 bits per heavy atom. The molecule has 0 aliphatic heterocycles. The van der Waals surface area contributed by atoms with Gasteiger partial charge in [-0.25, -0.2) is 24.3 Å². The Hall–Kier alpha value is -0.270. The van der Waals surface area contributed by atoms with Crippen LogP contribution < -0.4 is 0 Å². The Bertz CT molecular complexity index is 639. The standard InChI is InChI=1S/C9H13.2C8H11.C2H7Si.2ClH.Zr/c1-6-5-7(2)9(4)8(6)3;2*1-2-5-8-6-3-4-7-8;1-3-2;;;/h5H,1-4H3;2*3-4,6-7H,2,5H2,1H3;3H,1-2H3;2*1H;/q3*-1;;;;+3. The van der Waals surface area contributed by atoms with Crippen LogP contribution in [-0.2, 0) is 39.0 Å². The van der Waals surface area contributed by atoms with E-state index in [1.807, 2.05) is 0 Å². The Labute approximate surface area is 227 Å². The molecule has 0 aliphatic rings. The molecule has 0 bridgehead atoms. The van der Waals surface area contributed by atoms with E-state index in [9.17, 15) is 0 Å². The molecule has 0 unspecified atom stereocenters. The number of aryl methyl sites for hydroxylation is 4. The van der Waals surface area contributed by atoms with Gasteiger partial charge in [-0.1, -0.05) is 80.3 Å². The molecule has 3 rings (SSSR count). The summed E-state index contributed by atoms with van der Waals surface area (Å²) in [6, 6.07) is 19.3. The second kappa shape index (κ2) is 24.4. The van der Waals surface area contributed by atoms with Gasteiger partial charge in [-0.2, -0.15) is 63.7 Å². The van der Waals surface area contributed by atoms with Crippen LogP contribution in [0.4, 0.5) is 0 Å². The van der Waals surface area contributed by atoms with Gasteiger partial charge in [0, 0.05) is 9.52 Å². The maximum absolute atomic E-state index is 2.24. The fourth-order valence-electron chi connectivity index (χ4n) is 2.87. The number of rotatable bonds is 4. The third kappa shape index (κ3) is 17.9. The molecule has 0 aromatic heterocycles. The first-order valence-corrected chi connectivity index (χ1v) is 13.1. The van der Waals surface area contributed by atoms with Crippen LogP contribution in [0.15, 0.2) is 54.6 Å². The average Bonchev–Trinajstić information content (AvgIpc) is 3.40. The van der Waals surface area contributed by atoms with Crippen molar-refractivity contribution in [2.24, 2.45) is 0 Å². The summed E-state index contributed by atoms with van der Waals surface area (Å²) in [7, 11) is 0.750. The van der Waals surface area contributed by atoms with Crippen LogP contribution in [-0.4, -0.2) is 9.52 Å². The average molecular weight is 559 g/mol. The molecule has 0 N–H and O–H groups in total. The molecule has 2 radical (unpaired) electrons. The van der Waals surface area contributed by atoms with Gasteiger partial charge in [-0.15, -0.1) is 24.8 Å². The van der Waals surface area contributed by atoms with Crippen molar-refractivity contribution in [2.45, 2.75) is 80.3 Å². The normalized spacial score (nSPS) is 8.52. The van der Waals surface area contributed by atoms with Crippen LogP contribution >= 0.6 is 24.8 Å². The maximum atomic E-state index is 2.24. The van der Waals surface area contributed by atoms with E-state index >= 15 is 0 Å². The van der Waals surface area contributed by atoms with Gasteiger partial charge in [-0.05, 0) is 0 Å². The minimum atomic E-state index is 0.